The van der Waals surface area contributed by atoms with Gasteiger partial charge < -0.3 is 9.84 Å². The number of methoxy groups -OCH3 is 1. The maximum Gasteiger partial charge on any atom is 0.0905 e. The lowest BCUT2D eigenvalue weighted by Crippen LogP contribution is -2.45. The van der Waals surface area contributed by atoms with Gasteiger partial charge in [-0.05, 0) is 19.3 Å². The first-order chi connectivity index (χ1) is 5.23. The Hall–Kier alpha value is -0.0800. The van der Waals surface area contributed by atoms with E-state index in [1.54, 1.807) is 7.11 Å². The Kier molecular flexibility index (Phi) is 2.90. The summed E-state index contributed by atoms with van der Waals surface area (Å²) in [5.41, 5.74) is -0.535. The Morgan fingerprint density at radius 3 is 2.73 bits per heavy atom. The molecule has 0 unspecified atom stereocenters. The monoisotopic (exact) mass is 158 g/mol. The van der Waals surface area contributed by atoms with Gasteiger partial charge in [-0.25, -0.2) is 0 Å². The summed E-state index contributed by atoms with van der Waals surface area (Å²) in [6.07, 6.45) is 5.14. The maximum absolute atomic E-state index is 10.0. The van der Waals surface area contributed by atoms with Crippen LogP contribution in [0.2, 0.25) is 0 Å². The minimum absolute atomic E-state index is 0.0706. The molecule has 0 bridgehead atoms. The van der Waals surface area contributed by atoms with Crippen molar-refractivity contribution < 1.29 is 9.84 Å². The standard InChI is InChI=1S/C9H18O2/c1-3-9(10)7-5-4-6-8(9)11-2/h8,10H,3-7H2,1-2H3/t8-,9-/m1/s1. The molecule has 1 fully saturated rings. The smallest absolute Gasteiger partial charge is 0.0905 e. The van der Waals surface area contributed by atoms with Gasteiger partial charge in [-0.1, -0.05) is 19.8 Å². The molecule has 2 heteroatoms. The molecular weight excluding hydrogens is 140 g/mol. The first kappa shape index (κ1) is 9.01. The van der Waals surface area contributed by atoms with Gasteiger partial charge >= 0.3 is 0 Å². The molecule has 0 aromatic carbocycles. The molecule has 2 nitrogen and oxygen atoms in total. The molecule has 0 aromatic heterocycles. The predicted octanol–water partition coefficient (Wildman–Crippen LogP) is 1.72. The zero-order valence-corrected chi connectivity index (χ0v) is 7.47. The lowest BCUT2D eigenvalue weighted by atomic mass is 9.80. The van der Waals surface area contributed by atoms with Gasteiger partial charge in [0, 0.05) is 7.11 Å². The summed E-state index contributed by atoms with van der Waals surface area (Å²) in [6, 6.07) is 0. The summed E-state index contributed by atoms with van der Waals surface area (Å²) >= 11 is 0. The summed E-state index contributed by atoms with van der Waals surface area (Å²) in [6.45, 7) is 2.03. The Labute approximate surface area is 68.6 Å². The van der Waals surface area contributed by atoms with E-state index in [0.717, 1.165) is 25.7 Å². The summed E-state index contributed by atoms with van der Waals surface area (Å²) < 4.78 is 5.25. The molecule has 2 atom stereocenters. The van der Waals surface area contributed by atoms with Crippen molar-refractivity contribution in [2.24, 2.45) is 0 Å². The van der Waals surface area contributed by atoms with E-state index < -0.39 is 5.60 Å². The number of aliphatic hydroxyl groups is 1. The van der Waals surface area contributed by atoms with Crippen LogP contribution in [0.1, 0.15) is 39.0 Å². The summed E-state index contributed by atoms with van der Waals surface area (Å²) in [5.74, 6) is 0. The first-order valence-electron chi connectivity index (χ1n) is 4.48. The van der Waals surface area contributed by atoms with E-state index in [1.165, 1.54) is 6.42 Å². The minimum Gasteiger partial charge on any atom is -0.387 e. The van der Waals surface area contributed by atoms with Crippen LogP contribution in [0, 0.1) is 0 Å². The molecule has 0 aromatic rings. The van der Waals surface area contributed by atoms with Gasteiger partial charge in [0.1, 0.15) is 0 Å². The second-order valence-corrected chi connectivity index (χ2v) is 3.43. The van der Waals surface area contributed by atoms with Gasteiger partial charge in [0.05, 0.1) is 11.7 Å². The number of hydrogen-bond acceptors (Lipinski definition) is 2. The molecule has 1 aliphatic rings. The highest BCUT2D eigenvalue weighted by Crippen LogP contribution is 2.32. The normalized spacial score (nSPS) is 39.0. The summed E-state index contributed by atoms with van der Waals surface area (Å²) in [7, 11) is 1.69. The van der Waals surface area contributed by atoms with Gasteiger partial charge in [0.25, 0.3) is 0 Å². The molecule has 1 aliphatic carbocycles. The molecule has 0 saturated heterocycles. The lowest BCUT2D eigenvalue weighted by Gasteiger charge is -2.38. The van der Waals surface area contributed by atoms with Crippen molar-refractivity contribution in [3.8, 4) is 0 Å². The third-order valence-electron chi connectivity index (χ3n) is 2.82. The second-order valence-electron chi connectivity index (χ2n) is 3.43. The van der Waals surface area contributed by atoms with Crippen LogP contribution >= 0.6 is 0 Å². The van der Waals surface area contributed by atoms with E-state index in [9.17, 15) is 5.11 Å². The van der Waals surface area contributed by atoms with Crippen LogP contribution in [-0.2, 0) is 4.74 Å². The van der Waals surface area contributed by atoms with Crippen LogP contribution < -0.4 is 0 Å². The molecular formula is C9H18O2. The van der Waals surface area contributed by atoms with Crippen LogP contribution in [0.15, 0.2) is 0 Å². The van der Waals surface area contributed by atoms with Gasteiger partial charge in [0.15, 0.2) is 0 Å². The quantitative estimate of drug-likeness (QED) is 0.663. The predicted molar refractivity (Wildman–Crippen MR) is 44.5 cm³/mol. The average molecular weight is 158 g/mol. The van der Waals surface area contributed by atoms with Gasteiger partial charge in [-0.2, -0.15) is 0 Å². The number of hydrogen-bond donors (Lipinski definition) is 1. The minimum atomic E-state index is -0.535. The fourth-order valence-corrected chi connectivity index (χ4v) is 1.93. The molecule has 0 amide bonds. The van der Waals surface area contributed by atoms with Crippen LogP contribution in [0.25, 0.3) is 0 Å². The van der Waals surface area contributed by atoms with E-state index >= 15 is 0 Å². The SMILES string of the molecule is CC[C@@]1(O)CCCC[C@H]1OC. The third-order valence-corrected chi connectivity index (χ3v) is 2.82. The van der Waals surface area contributed by atoms with E-state index in [0.29, 0.717) is 0 Å². The highest BCUT2D eigenvalue weighted by atomic mass is 16.5. The van der Waals surface area contributed by atoms with Crippen molar-refractivity contribution in [2.75, 3.05) is 7.11 Å². The van der Waals surface area contributed by atoms with Crippen molar-refractivity contribution in [1.29, 1.82) is 0 Å². The van der Waals surface area contributed by atoms with Crippen LogP contribution in [0.5, 0.6) is 0 Å². The fourth-order valence-electron chi connectivity index (χ4n) is 1.93. The number of rotatable bonds is 2. The topological polar surface area (TPSA) is 29.5 Å². The largest absolute Gasteiger partial charge is 0.387 e. The fraction of sp³-hybridized carbons (Fsp3) is 1.00. The average Bonchev–Trinajstić information content (AvgIpc) is 2.05. The van der Waals surface area contributed by atoms with E-state index in [2.05, 4.69) is 0 Å². The Morgan fingerprint density at radius 1 is 1.55 bits per heavy atom. The molecule has 0 aliphatic heterocycles. The van der Waals surface area contributed by atoms with E-state index in [-0.39, 0.29) is 6.10 Å². The van der Waals surface area contributed by atoms with Crippen LogP contribution in [0.4, 0.5) is 0 Å². The van der Waals surface area contributed by atoms with E-state index in [4.69, 9.17) is 4.74 Å². The lowest BCUT2D eigenvalue weighted by molar-refractivity contribution is -0.118. The summed E-state index contributed by atoms with van der Waals surface area (Å²) in [5, 5.41) is 10.0. The van der Waals surface area contributed by atoms with Gasteiger partial charge in [-0.3, -0.25) is 0 Å². The van der Waals surface area contributed by atoms with Gasteiger partial charge in [0.2, 0.25) is 0 Å². The number of ether oxygens (including phenoxy) is 1. The Balaban J connectivity index is 2.57. The summed E-state index contributed by atoms with van der Waals surface area (Å²) in [4.78, 5) is 0. The van der Waals surface area contributed by atoms with Crippen molar-refractivity contribution in [1.82, 2.24) is 0 Å². The molecule has 0 spiro atoms. The molecule has 1 N–H and O–H groups in total. The van der Waals surface area contributed by atoms with Crippen LogP contribution in [-0.4, -0.2) is 23.9 Å². The Morgan fingerprint density at radius 2 is 2.27 bits per heavy atom. The highest BCUT2D eigenvalue weighted by molar-refractivity contribution is 4.89. The molecule has 1 rings (SSSR count). The zero-order valence-electron chi connectivity index (χ0n) is 7.47. The Bertz CT molecular complexity index is 125. The van der Waals surface area contributed by atoms with Crippen molar-refractivity contribution in [3.63, 3.8) is 0 Å². The van der Waals surface area contributed by atoms with Crippen molar-refractivity contribution in [2.45, 2.75) is 50.7 Å². The molecule has 0 radical (unpaired) electrons. The molecule has 66 valence electrons. The first-order valence-corrected chi connectivity index (χ1v) is 4.48. The zero-order chi connectivity index (χ0) is 8.32. The van der Waals surface area contributed by atoms with E-state index in [1.807, 2.05) is 6.92 Å². The third kappa shape index (κ3) is 1.74. The van der Waals surface area contributed by atoms with Gasteiger partial charge in [-0.15, -0.1) is 0 Å². The second kappa shape index (κ2) is 3.55. The molecule has 0 heterocycles. The molecule has 11 heavy (non-hydrogen) atoms. The van der Waals surface area contributed by atoms with Crippen molar-refractivity contribution in [3.05, 3.63) is 0 Å². The van der Waals surface area contributed by atoms with Crippen LogP contribution in [0.3, 0.4) is 0 Å². The highest BCUT2D eigenvalue weighted by Gasteiger charge is 2.37. The van der Waals surface area contributed by atoms with Crippen molar-refractivity contribution >= 4 is 0 Å². The maximum atomic E-state index is 10.0. The molecule has 1 saturated carbocycles.